The van der Waals surface area contributed by atoms with Crippen LogP contribution in [-0.2, 0) is 0 Å². The average Bonchev–Trinajstić information content (AvgIpc) is 3.31. The smallest absolute Gasteiger partial charge is 0.323 e. The van der Waals surface area contributed by atoms with Crippen molar-refractivity contribution in [3.8, 4) is 23.0 Å². The SMILES string of the molecule is Cc1cccc(NC(=O)Nc2ccc(-c3csc4c(C#Cc5ccncc5)cnc(N)c34)cc2)c1. The second-order valence-corrected chi connectivity index (χ2v) is 8.80. The maximum Gasteiger partial charge on any atom is 0.323 e. The molecule has 2 aromatic carbocycles. The van der Waals surface area contributed by atoms with Crippen molar-refractivity contribution in [3.63, 3.8) is 0 Å². The number of nitrogens with two attached hydrogens (primary N) is 1. The van der Waals surface area contributed by atoms with Crippen LogP contribution in [0.4, 0.5) is 22.0 Å². The van der Waals surface area contributed by atoms with E-state index in [1.165, 1.54) is 0 Å². The largest absolute Gasteiger partial charge is 0.383 e. The van der Waals surface area contributed by atoms with Crippen LogP contribution in [0.5, 0.6) is 0 Å². The van der Waals surface area contributed by atoms with Gasteiger partial charge in [-0.1, -0.05) is 36.1 Å². The number of aryl methyl sites for hydroxylation is 1. The molecular weight excluding hydrogens is 454 g/mol. The number of urea groups is 1. The molecule has 35 heavy (non-hydrogen) atoms. The van der Waals surface area contributed by atoms with E-state index in [0.717, 1.165) is 43.6 Å². The third-order valence-electron chi connectivity index (χ3n) is 5.38. The molecule has 0 bridgehead atoms. The number of thiophene rings is 1. The number of amides is 2. The number of carbonyl (C=O) groups excluding carboxylic acids is 1. The summed E-state index contributed by atoms with van der Waals surface area (Å²) in [4.78, 5) is 20.8. The minimum Gasteiger partial charge on any atom is -0.383 e. The Hall–Kier alpha value is -4.67. The van der Waals surface area contributed by atoms with Gasteiger partial charge in [0.05, 0.1) is 10.3 Å². The van der Waals surface area contributed by atoms with Crippen molar-refractivity contribution >= 4 is 44.6 Å². The molecule has 4 N–H and O–H groups in total. The number of nitrogens with one attached hydrogen (secondary N) is 2. The van der Waals surface area contributed by atoms with Gasteiger partial charge in [0.25, 0.3) is 0 Å². The molecule has 0 saturated carbocycles. The van der Waals surface area contributed by atoms with Gasteiger partial charge >= 0.3 is 6.03 Å². The highest BCUT2D eigenvalue weighted by Gasteiger charge is 2.13. The number of rotatable bonds is 3. The maximum atomic E-state index is 12.4. The lowest BCUT2D eigenvalue weighted by atomic mass is 10.0. The zero-order valence-corrected chi connectivity index (χ0v) is 19.7. The maximum absolute atomic E-state index is 12.4. The number of carbonyl (C=O) groups is 1. The molecule has 0 aliphatic rings. The van der Waals surface area contributed by atoms with Crippen molar-refractivity contribution in [2.24, 2.45) is 0 Å². The number of anilines is 3. The van der Waals surface area contributed by atoms with Crippen LogP contribution >= 0.6 is 11.3 Å². The number of hydrogen-bond donors (Lipinski definition) is 3. The molecular formula is C28H21N5OS. The Morgan fingerprint density at radius 3 is 2.51 bits per heavy atom. The van der Waals surface area contributed by atoms with Crippen molar-refractivity contribution in [3.05, 3.63) is 101 Å². The summed E-state index contributed by atoms with van der Waals surface area (Å²) in [7, 11) is 0. The first kappa shape index (κ1) is 22.1. The van der Waals surface area contributed by atoms with E-state index in [9.17, 15) is 4.79 Å². The second-order valence-electron chi connectivity index (χ2n) is 7.92. The number of fused-ring (bicyclic) bond motifs is 1. The summed E-state index contributed by atoms with van der Waals surface area (Å²) >= 11 is 1.59. The number of aromatic nitrogens is 2. The van der Waals surface area contributed by atoms with Crippen LogP contribution in [-0.4, -0.2) is 16.0 Å². The lowest BCUT2D eigenvalue weighted by Crippen LogP contribution is -2.19. The van der Waals surface area contributed by atoms with E-state index in [1.807, 2.05) is 67.6 Å². The van der Waals surface area contributed by atoms with E-state index >= 15 is 0 Å². The van der Waals surface area contributed by atoms with Crippen molar-refractivity contribution in [1.29, 1.82) is 0 Å². The third-order valence-corrected chi connectivity index (χ3v) is 6.39. The molecule has 0 unspecified atom stereocenters. The Balaban J connectivity index is 1.38. The van der Waals surface area contributed by atoms with Gasteiger partial charge in [-0.25, -0.2) is 9.78 Å². The fourth-order valence-corrected chi connectivity index (χ4v) is 4.75. The molecule has 170 valence electrons. The fraction of sp³-hybridized carbons (Fsp3) is 0.0357. The van der Waals surface area contributed by atoms with Gasteiger partial charge in [0, 0.05) is 46.5 Å². The Labute approximate surface area is 206 Å². The van der Waals surface area contributed by atoms with Gasteiger partial charge < -0.3 is 16.4 Å². The number of nitrogen functional groups attached to an aromatic ring is 1. The van der Waals surface area contributed by atoms with Crippen LogP contribution < -0.4 is 16.4 Å². The average molecular weight is 476 g/mol. The number of hydrogen-bond acceptors (Lipinski definition) is 5. The van der Waals surface area contributed by atoms with Gasteiger partial charge in [0.1, 0.15) is 5.82 Å². The van der Waals surface area contributed by atoms with Crippen LogP contribution in [0, 0.1) is 18.8 Å². The van der Waals surface area contributed by atoms with Crippen molar-refractivity contribution in [1.82, 2.24) is 9.97 Å². The van der Waals surface area contributed by atoms with E-state index < -0.39 is 0 Å². The van der Waals surface area contributed by atoms with Crippen molar-refractivity contribution < 1.29 is 4.79 Å². The van der Waals surface area contributed by atoms with E-state index in [2.05, 4.69) is 37.8 Å². The molecule has 3 heterocycles. The van der Waals surface area contributed by atoms with Gasteiger partial charge in [-0.2, -0.15) is 0 Å². The monoisotopic (exact) mass is 475 g/mol. The van der Waals surface area contributed by atoms with E-state index in [-0.39, 0.29) is 6.03 Å². The summed E-state index contributed by atoms with van der Waals surface area (Å²) in [5.41, 5.74) is 12.5. The first-order valence-corrected chi connectivity index (χ1v) is 11.8. The Bertz CT molecular complexity index is 1580. The van der Waals surface area contributed by atoms with Crippen LogP contribution in [0.1, 0.15) is 16.7 Å². The summed E-state index contributed by atoms with van der Waals surface area (Å²) in [5.74, 6) is 6.83. The van der Waals surface area contributed by atoms with Gasteiger partial charge in [-0.05, 0) is 59.8 Å². The first-order chi connectivity index (χ1) is 17.1. The normalized spacial score (nSPS) is 10.4. The topological polar surface area (TPSA) is 92.9 Å². The molecule has 5 aromatic rings. The van der Waals surface area contributed by atoms with Gasteiger partial charge in [0.2, 0.25) is 0 Å². The minimum absolute atomic E-state index is 0.296. The molecule has 0 atom stereocenters. The molecule has 0 aliphatic heterocycles. The van der Waals surface area contributed by atoms with Crippen molar-refractivity contribution in [2.45, 2.75) is 6.92 Å². The van der Waals surface area contributed by atoms with E-state index in [1.54, 1.807) is 29.9 Å². The lowest BCUT2D eigenvalue weighted by molar-refractivity contribution is 0.262. The second kappa shape index (κ2) is 9.67. The molecule has 6 nitrogen and oxygen atoms in total. The summed E-state index contributed by atoms with van der Waals surface area (Å²) in [6, 6.07) is 18.7. The molecule has 2 amide bonds. The fourth-order valence-electron chi connectivity index (χ4n) is 3.69. The Morgan fingerprint density at radius 1 is 0.971 bits per heavy atom. The first-order valence-electron chi connectivity index (χ1n) is 10.9. The van der Waals surface area contributed by atoms with Crippen LogP contribution in [0.25, 0.3) is 21.2 Å². The Kier molecular flexibility index (Phi) is 6.12. The molecule has 0 saturated heterocycles. The predicted octanol–water partition coefficient (Wildman–Crippen LogP) is 6.29. The number of nitrogens with zero attached hydrogens (tertiary/aromatic N) is 2. The third kappa shape index (κ3) is 4.98. The summed E-state index contributed by atoms with van der Waals surface area (Å²) in [6.07, 6.45) is 5.15. The number of benzene rings is 2. The van der Waals surface area contributed by atoms with Gasteiger partial charge in [0.15, 0.2) is 0 Å². The molecule has 0 aliphatic carbocycles. The molecule has 0 radical (unpaired) electrons. The van der Waals surface area contributed by atoms with Crippen LogP contribution in [0.15, 0.2) is 84.6 Å². The zero-order valence-electron chi connectivity index (χ0n) is 18.9. The quantitative estimate of drug-likeness (QED) is 0.267. The van der Waals surface area contributed by atoms with E-state index in [0.29, 0.717) is 11.5 Å². The summed E-state index contributed by atoms with van der Waals surface area (Å²) < 4.78 is 0.994. The molecule has 0 spiro atoms. The lowest BCUT2D eigenvalue weighted by Gasteiger charge is -2.09. The molecule has 5 rings (SSSR count). The highest BCUT2D eigenvalue weighted by molar-refractivity contribution is 7.18. The molecule has 3 aromatic heterocycles. The zero-order chi connectivity index (χ0) is 24.2. The summed E-state index contributed by atoms with van der Waals surface area (Å²) in [6.45, 7) is 1.98. The van der Waals surface area contributed by atoms with Gasteiger partial charge in [-0.3, -0.25) is 4.98 Å². The number of pyridine rings is 2. The predicted molar refractivity (Wildman–Crippen MR) is 144 cm³/mol. The minimum atomic E-state index is -0.296. The highest BCUT2D eigenvalue weighted by Crippen LogP contribution is 2.38. The van der Waals surface area contributed by atoms with Crippen LogP contribution in [0.2, 0.25) is 0 Å². The standard InChI is InChI=1S/C28H21N5OS/c1-18-3-2-4-23(15-18)33-28(34)32-22-9-7-20(8-10-22)24-17-35-26-21(16-31-27(29)25(24)26)6-5-19-11-13-30-14-12-19/h2-4,7-17H,1H3,(H2,29,31)(H2,32,33,34). The summed E-state index contributed by atoms with van der Waals surface area (Å²) in [5, 5.41) is 8.66. The van der Waals surface area contributed by atoms with Gasteiger partial charge in [-0.15, -0.1) is 11.3 Å². The van der Waals surface area contributed by atoms with Crippen LogP contribution in [0.3, 0.4) is 0 Å². The van der Waals surface area contributed by atoms with Crippen molar-refractivity contribution in [2.75, 3.05) is 16.4 Å². The highest BCUT2D eigenvalue weighted by atomic mass is 32.1. The van der Waals surface area contributed by atoms with E-state index in [4.69, 9.17) is 5.73 Å². The molecule has 0 fully saturated rings. The Morgan fingerprint density at radius 2 is 1.74 bits per heavy atom. The molecule has 7 heteroatoms.